The Morgan fingerprint density at radius 3 is 2.32 bits per heavy atom. The largest absolute Gasteiger partial charge is 0.466 e. The molecule has 0 radical (unpaired) electrons. The maximum atomic E-state index is 11.9. The van der Waals surface area contributed by atoms with Gasteiger partial charge in [0, 0.05) is 16.0 Å². The van der Waals surface area contributed by atoms with E-state index < -0.39 is 29.3 Å². The fourth-order valence-corrected chi connectivity index (χ4v) is 1.96. The maximum absolute atomic E-state index is 11.9. The van der Waals surface area contributed by atoms with E-state index in [1.807, 2.05) is 0 Å². The molecule has 0 bridgehead atoms. The normalized spacial score (nSPS) is 12.4. The Morgan fingerprint density at radius 1 is 1.27 bits per heavy atom. The lowest BCUT2D eigenvalue weighted by Crippen LogP contribution is -2.22. The van der Waals surface area contributed by atoms with Gasteiger partial charge in [0.25, 0.3) is 0 Å². The Hall–Kier alpha value is -2.41. The van der Waals surface area contributed by atoms with Crippen LogP contribution in [0.3, 0.4) is 0 Å². The van der Waals surface area contributed by atoms with Gasteiger partial charge in [-0.05, 0) is 17.7 Å². The van der Waals surface area contributed by atoms with Crippen molar-refractivity contribution in [3.8, 4) is 0 Å². The summed E-state index contributed by atoms with van der Waals surface area (Å²) in [6.45, 7) is -0.584. The van der Waals surface area contributed by atoms with E-state index in [-0.39, 0.29) is 5.57 Å². The van der Waals surface area contributed by atoms with Crippen LogP contribution in [0.2, 0.25) is 5.02 Å². The number of halogens is 1. The van der Waals surface area contributed by atoms with Gasteiger partial charge in [0.2, 0.25) is 6.54 Å². The zero-order valence-corrected chi connectivity index (χ0v) is 12.7. The first-order valence-corrected chi connectivity index (χ1v) is 6.52. The highest BCUT2D eigenvalue weighted by Gasteiger charge is 2.29. The highest BCUT2D eigenvalue weighted by molar-refractivity contribution is 6.30. The van der Waals surface area contributed by atoms with Crippen molar-refractivity contribution in [2.45, 2.75) is 5.92 Å². The summed E-state index contributed by atoms with van der Waals surface area (Å²) in [7, 11) is 2.26. The third-order valence-electron chi connectivity index (χ3n) is 2.88. The lowest BCUT2D eigenvalue weighted by atomic mass is 9.90. The predicted octanol–water partition coefficient (Wildman–Crippen LogP) is 1.97. The van der Waals surface area contributed by atoms with E-state index in [4.69, 9.17) is 11.6 Å². The fourth-order valence-electron chi connectivity index (χ4n) is 1.83. The Bertz CT molecular complexity index is 596. The Balaban J connectivity index is 3.34. The molecule has 0 N–H and O–H groups in total. The third-order valence-corrected chi connectivity index (χ3v) is 3.13. The number of nitrogens with zero attached hydrogens (tertiary/aromatic N) is 1. The van der Waals surface area contributed by atoms with E-state index in [1.165, 1.54) is 12.1 Å². The first-order valence-electron chi connectivity index (χ1n) is 6.14. The van der Waals surface area contributed by atoms with Crippen LogP contribution >= 0.6 is 11.6 Å². The molecule has 0 unspecified atom stereocenters. The molecule has 118 valence electrons. The summed E-state index contributed by atoms with van der Waals surface area (Å²) in [6.07, 6.45) is 0.897. The summed E-state index contributed by atoms with van der Waals surface area (Å²) in [6, 6.07) is 6.17. The maximum Gasteiger partial charge on any atom is 0.334 e. The first kappa shape index (κ1) is 17.6. The van der Waals surface area contributed by atoms with Gasteiger partial charge in [-0.1, -0.05) is 23.7 Å². The zero-order valence-electron chi connectivity index (χ0n) is 11.9. The van der Waals surface area contributed by atoms with Crippen molar-refractivity contribution >= 4 is 23.5 Å². The molecule has 1 aromatic carbocycles. The molecule has 1 atom stereocenters. The van der Waals surface area contributed by atoms with Gasteiger partial charge < -0.3 is 9.47 Å². The number of esters is 2. The second-order valence-corrected chi connectivity index (χ2v) is 4.67. The molecule has 1 rings (SSSR count). The predicted molar refractivity (Wildman–Crippen MR) is 78.2 cm³/mol. The van der Waals surface area contributed by atoms with E-state index in [9.17, 15) is 19.7 Å². The second kappa shape index (κ2) is 8.14. The number of methoxy groups -OCH3 is 2. The average Bonchev–Trinajstić information content (AvgIpc) is 2.50. The lowest BCUT2D eigenvalue weighted by molar-refractivity contribution is -0.481. The molecule has 0 aliphatic heterocycles. The van der Waals surface area contributed by atoms with Gasteiger partial charge in [0.15, 0.2) is 0 Å². The second-order valence-electron chi connectivity index (χ2n) is 4.23. The molecule has 7 nitrogen and oxygen atoms in total. The van der Waals surface area contributed by atoms with Crippen LogP contribution in [0.25, 0.3) is 0 Å². The van der Waals surface area contributed by atoms with Crippen molar-refractivity contribution in [1.29, 1.82) is 0 Å². The van der Waals surface area contributed by atoms with E-state index in [1.54, 1.807) is 12.1 Å². The fraction of sp³-hybridized carbons (Fsp3) is 0.286. The number of ether oxygens (including phenoxy) is 2. The van der Waals surface area contributed by atoms with Crippen molar-refractivity contribution in [2.24, 2.45) is 0 Å². The minimum Gasteiger partial charge on any atom is -0.466 e. The molecule has 0 amide bonds. The number of hydrogen-bond donors (Lipinski definition) is 0. The van der Waals surface area contributed by atoms with E-state index in [0.29, 0.717) is 10.6 Å². The topological polar surface area (TPSA) is 95.7 Å². The van der Waals surface area contributed by atoms with Crippen LogP contribution < -0.4 is 0 Å². The summed E-state index contributed by atoms with van der Waals surface area (Å²) in [4.78, 5) is 33.6. The molecule has 0 saturated carbocycles. The number of hydrogen-bond acceptors (Lipinski definition) is 6. The van der Waals surface area contributed by atoms with Crippen molar-refractivity contribution in [3.63, 3.8) is 0 Å². The summed E-state index contributed by atoms with van der Waals surface area (Å²) >= 11 is 5.78. The molecule has 0 aromatic heterocycles. The number of benzene rings is 1. The summed E-state index contributed by atoms with van der Waals surface area (Å²) in [5.74, 6) is -2.60. The molecular formula is C14H14ClNO6. The highest BCUT2D eigenvalue weighted by Crippen LogP contribution is 2.27. The lowest BCUT2D eigenvalue weighted by Gasteiger charge is -2.15. The van der Waals surface area contributed by atoms with Gasteiger partial charge in [-0.25, -0.2) is 9.59 Å². The minimum absolute atomic E-state index is 0.159. The molecule has 8 heteroatoms. The van der Waals surface area contributed by atoms with Crippen molar-refractivity contribution in [1.82, 2.24) is 0 Å². The van der Waals surface area contributed by atoms with Crippen molar-refractivity contribution in [2.75, 3.05) is 20.8 Å². The third kappa shape index (κ3) is 4.85. The van der Waals surface area contributed by atoms with Gasteiger partial charge in [-0.3, -0.25) is 10.1 Å². The standard InChI is InChI=1S/C14H14ClNO6/c1-21-13(17)7-11(14(18)22-2)12(8-16(19)20)9-3-5-10(15)6-4-9/h3-7,12H,8H2,1-2H3/b11-7-/t12-/m1/s1. The molecule has 0 fully saturated rings. The molecular weight excluding hydrogens is 314 g/mol. The van der Waals surface area contributed by atoms with Gasteiger partial charge in [-0.2, -0.15) is 0 Å². The van der Waals surface area contributed by atoms with Gasteiger partial charge >= 0.3 is 11.9 Å². The van der Waals surface area contributed by atoms with Crippen LogP contribution in [0.1, 0.15) is 11.5 Å². The quantitative estimate of drug-likeness (QED) is 0.343. The molecule has 22 heavy (non-hydrogen) atoms. The summed E-state index contributed by atoms with van der Waals surface area (Å²) in [5, 5.41) is 11.3. The molecule has 0 spiro atoms. The first-order chi connectivity index (χ1) is 10.4. The Morgan fingerprint density at radius 2 is 1.86 bits per heavy atom. The summed E-state index contributed by atoms with van der Waals surface area (Å²) in [5.41, 5.74) is 0.301. The van der Waals surface area contributed by atoms with Crippen LogP contribution in [0.4, 0.5) is 0 Å². The van der Waals surface area contributed by atoms with Gasteiger partial charge in [-0.15, -0.1) is 0 Å². The molecule has 0 heterocycles. The monoisotopic (exact) mass is 327 g/mol. The smallest absolute Gasteiger partial charge is 0.334 e. The molecule has 0 aliphatic carbocycles. The molecule has 0 aliphatic rings. The zero-order chi connectivity index (χ0) is 16.7. The van der Waals surface area contributed by atoms with Crippen LogP contribution in [0.5, 0.6) is 0 Å². The van der Waals surface area contributed by atoms with Gasteiger partial charge in [0.1, 0.15) is 0 Å². The number of rotatable bonds is 6. The minimum atomic E-state index is -0.959. The van der Waals surface area contributed by atoms with E-state index in [2.05, 4.69) is 9.47 Å². The van der Waals surface area contributed by atoms with Crippen molar-refractivity contribution < 1.29 is 24.0 Å². The van der Waals surface area contributed by atoms with Crippen LogP contribution in [0, 0.1) is 10.1 Å². The van der Waals surface area contributed by atoms with Crippen LogP contribution in [-0.4, -0.2) is 37.6 Å². The van der Waals surface area contributed by atoms with E-state index in [0.717, 1.165) is 20.3 Å². The number of carbonyl (C=O) groups is 2. The molecule has 1 aromatic rings. The average molecular weight is 328 g/mol. The number of carbonyl (C=O) groups excluding carboxylic acids is 2. The SMILES string of the molecule is COC(=O)/C=C(\C(=O)OC)[C@H](C[N+](=O)[O-])c1ccc(Cl)cc1. The highest BCUT2D eigenvalue weighted by atomic mass is 35.5. The van der Waals surface area contributed by atoms with E-state index >= 15 is 0 Å². The Labute approximate surface area is 131 Å². The van der Waals surface area contributed by atoms with Crippen LogP contribution in [-0.2, 0) is 19.1 Å². The van der Waals surface area contributed by atoms with Crippen molar-refractivity contribution in [3.05, 3.63) is 56.6 Å². The summed E-state index contributed by atoms with van der Waals surface area (Å²) < 4.78 is 9.07. The molecule has 0 saturated heterocycles. The van der Waals surface area contributed by atoms with Gasteiger partial charge in [0.05, 0.1) is 25.7 Å². The van der Waals surface area contributed by atoms with Crippen LogP contribution in [0.15, 0.2) is 35.9 Å². The number of nitro groups is 1. The Kier molecular flexibility index (Phi) is 6.52.